The van der Waals surface area contributed by atoms with Crippen LogP contribution in [0.25, 0.3) is 11.3 Å². The zero-order chi connectivity index (χ0) is 18.4. The average Bonchev–Trinajstić information content (AvgIpc) is 3.16. The van der Waals surface area contributed by atoms with Crippen molar-refractivity contribution < 1.29 is 18.8 Å². The van der Waals surface area contributed by atoms with Gasteiger partial charge in [-0.2, -0.15) is 0 Å². The van der Waals surface area contributed by atoms with Gasteiger partial charge in [0.2, 0.25) is 5.91 Å². The molecule has 3 rings (SSSR count). The van der Waals surface area contributed by atoms with E-state index in [0.29, 0.717) is 24.4 Å². The lowest BCUT2D eigenvalue weighted by atomic mass is 10.1. The molecule has 1 N–H and O–H groups in total. The van der Waals surface area contributed by atoms with Gasteiger partial charge >= 0.3 is 0 Å². The maximum atomic E-state index is 12.1. The van der Waals surface area contributed by atoms with E-state index in [2.05, 4.69) is 10.5 Å². The molecule has 0 fully saturated rings. The molecule has 0 unspecified atom stereocenters. The number of rotatable bonds is 7. The monoisotopic (exact) mass is 352 g/mol. The van der Waals surface area contributed by atoms with Gasteiger partial charge in [-0.25, -0.2) is 0 Å². The van der Waals surface area contributed by atoms with Crippen LogP contribution in [0.1, 0.15) is 11.3 Å². The van der Waals surface area contributed by atoms with E-state index in [1.807, 2.05) is 54.6 Å². The van der Waals surface area contributed by atoms with Crippen LogP contribution in [0.5, 0.6) is 11.5 Å². The number of hydrogen-bond acceptors (Lipinski definition) is 5. The first-order valence-corrected chi connectivity index (χ1v) is 8.17. The lowest BCUT2D eigenvalue weighted by molar-refractivity contribution is -0.120. The molecule has 3 aromatic rings. The largest absolute Gasteiger partial charge is 0.497 e. The first-order valence-electron chi connectivity index (χ1n) is 8.17. The molecule has 1 heterocycles. The Bertz CT molecular complexity index is 872. The van der Waals surface area contributed by atoms with E-state index in [0.717, 1.165) is 22.6 Å². The highest BCUT2D eigenvalue weighted by atomic mass is 16.5. The zero-order valence-corrected chi connectivity index (χ0v) is 14.7. The Morgan fingerprint density at radius 2 is 1.81 bits per heavy atom. The molecule has 6 heteroatoms. The minimum Gasteiger partial charge on any atom is -0.497 e. The van der Waals surface area contributed by atoms with Gasteiger partial charge in [0.15, 0.2) is 5.76 Å². The first-order chi connectivity index (χ1) is 12.7. The van der Waals surface area contributed by atoms with Crippen LogP contribution in [-0.4, -0.2) is 25.3 Å². The van der Waals surface area contributed by atoms with Crippen LogP contribution in [0, 0.1) is 0 Å². The zero-order valence-electron chi connectivity index (χ0n) is 14.7. The Hall–Kier alpha value is -3.28. The van der Waals surface area contributed by atoms with Crippen LogP contribution in [0.15, 0.2) is 59.1 Å². The van der Waals surface area contributed by atoms with Crippen LogP contribution >= 0.6 is 0 Å². The van der Waals surface area contributed by atoms with Crippen molar-refractivity contribution in [3.63, 3.8) is 0 Å². The number of methoxy groups -OCH3 is 2. The summed E-state index contributed by atoms with van der Waals surface area (Å²) >= 11 is 0. The second-order valence-corrected chi connectivity index (χ2v) is 5.72. The summed E-state index contributed by atoms with van der Waals surface area (Å²) in [7, 11) is 3.22. The molecule has 1 amide bonds. The van der Waals surface area contributed by atoms with Crippen molar-refractivity contribution in [3.8, 4) is 22.8 Å². The number of hydrogen-bond donors (Lipinski definition) is 1. The van der Waals surface area contributed by atoms with E-state index in [-0.39, 0.29) is 5.91 Å². The summed E-state index contributed by atoms with van der Waals surface area (Å²) in [6, 6.07) is 16.7. The van der Waals surface area contributed by atoms with Crippen LogP contribution < -0.4 is 14.8 Å². The molecule has 0 aliphatic rings. The third kappa shape index (κ3) is 4.42. The van der Waals surface area contributed by atoms with Gasteiger partial charge in [0.25, 0.3) is 0 Å². The number of ether oxygens (including phenoxy) is 2. The van der Waals surface area contributed by atoms with Gasteiger partial charge < -0.3 is 19.3 Å². The van der Waals surface area contributed by atoms with Gasteiger partial charge in [-0.3, -0.25) is 4.79 Å². The van der Waals surface area contributed by atoms with Crippen molar-refractivity contribution in [3.05, 3.63) is 65.9 Å². The van der Waals surface area contributed by atoms with E-state index < -0.39 is 0 Å². The molecule has 26 heavy (non-hydrogen) atoms. The fourth-order valence-corrected chi connectivity index (χ4v) is 2.49. The SMILES string of the molecule is COc1ccc(CC(=O)NCc2cc(-c3cccc(OC)c3)on2)cc1. The highest BCUT2D eigenvalue weighted by Gasteiger charge is 2.09. The fraction of sp³-hybridized carbons (Fsp3) is 0.200. The normalized spacial score (nSPS) is 10.4. The topological polar surface area (TPSA) is 73.6 Å². The molecule has 0 aliphatic heterocycles. The summed E-state index contributed by atoms with van der Waals surface area (Å²) in [5, 5.41) is 6.85. The number of carbonyl (C=O) groups excluding carboxylic acids is 1. The summed E-state index contributed by atoms with van der Waals surface area (Å²) in [6.07, 6.45) is 0.296. The molecule has 134 valence electrons. The summed E-state index contributed by atoms with van der Waals surface area (Å²) in [5.74, 6) is 2.06. The molecule has 0 bridgehead atoms. The number of carbonyl (C=O) groups is 1. The van der Waals surface area contributed by atoms with Gasteiger partial charge in [0.1, 0.15) is 17.2 Å². The predicted molar refractivity (Wildman–Crippen MR) is 97.0 cm³/mol. The van der Waals surface area contributed by atoms with Crippen molar-refractivity contribution in [2.24, 2.45) is 0 Å². The Labute approximate surface area is 151 Å². The van der Waals surface area contributed by atoms with E-state index in [1.54, 1.807) is 14.2 Å². The van der Waals surface area contributed by atoms with Gasteiger partial charge in [-0.05, 0) is 29.8 Å². The van der Waals surface area contributed by atoms with Crippen LogP contribution in [0.4, 0.5) is 0 Å². The highest BCUT2D eigenvalue weighted by Crippen LogP contribution is 2.24. The number of aromatic nitrogens is 1. The summed E-state index contributed by atoms with van der Waals surface area (Å²) < 4.78 is 15.7. The van der Waals surface area contributed by atoms with Gasteiger partial charge in [0, 0.05) is 11.6 Å². The van der Waals surface area contributed by atoms with Crippen LogP contribution in [0.3, 0.4) is 0 Å². The fourth-order valence-electron chi connectivity index (χ4n) is 2.49. The van der Waals surface area contributed by atoms with Gasteiger partial charge in [-0.1, -0.05) is 29.4 Å². The standard InChI is InChI=1S/C20H20N2O4/c1-24-17-8-6-14(7-9-17)10-20(23)21-13-16-12-19(26-22-16)15-4-3-5-18(11-15)25-2/h3-9,11-12H,10,13H2,1-2H3,(H,21,23). The third-order valence-corrected chi connectivity index (χ3v) is 3.90. The third-order valence-electron chi connectivity index (χ3n) is 3.90. The molecule has 0 radical (unpaired) electrons. The minimum atomic E-state index is -0.0823. The maximum Gasteiger partial charge on any atom is 0.224 e. The quantitative estimate of drug-likeness (QED) is 0.707. The smallest absolute Gasteiger partial charge is 0.224 e. The summed E-state index contributed by atoms with van der Waals surface area (Å²) in [4.78, 5) is 12.1. The summed E-state index contributed by atoms with van der Waals surface area (Å²) in [6.45, 7) is 0.308. The van der Waals surface area contributed by atoms with E-state index >= 15 is 0 Å². The van der Waals surface area contributed by atoms with E-state index in [9.17, 15) is 4.79 Å². The van der Waals surface area contributed by atoms with Crippen molar-refractivity contribution >= 4 is 5.91 Å². The van der Waals surface area contributed by atoms with Gasteiger partial charge in [-0.15, -0.1) is 0 Å². The van der Waals surface area contributed by atoms with Crippen molar-refractivity contribution in [1.29, 1.82) is 0 Å². The molecule has 2 aromatic carbocycles. The number of nitrogens with one attached hydrogen (secondary N) is 1. The number of benzene rings is 2. The predicted octanol–water partition coefficient (Wildman–Crippen LogP) is 3.22. The average molecular weight is 352 g/mol. The lowest BCUT2D eigenvalue weighted by Crippen LogP contribution is -2.24. The van der Waals surface area contributed by atoms with Crippen LogP contribution in [0.2, 0.25) is 0 Å². The number of amides is 1. The number of nitrogens with zero attached hydrogens (tertiary/aromatic N) is 1. The maximum absolute atomic E-state index is 12.1. The van der Waals surface area contributed by atoms with E-state index in [4.69, 9.17) is 14.0 Å². The van der Waals surface area contributed by atoms with Gasteiger partial charge in [0.05, 0.1) is 27.2 Å². The van der Waals surface area contributed by atoms with Crippen LogP contribution in [-0.2, 0) is 17.8 Å². The Morgan fingerprint density at radius 3 is 2.54 bits per heavy atom. The first kappa shape index (κ1) is 17.5. The molecule has 0 aliphatic carbocycles. The second kappa shape index (κ2) is 8.20. The summed E-state index contributed by atoms with van der Waals surface area (Å²) in [5.41, 5.74) is 2.44. The lowest BCUT2D eigenvalue weighted by Gasteiger charge is -2.04. The highest BCUT2D eigenvalue weighted by molar-refractivity contribution is 5.78. The molecule has 0 saturated carbocycles. The Kier molecular flexibility index (Phi) is 5.53. The molecule has 1 aromatic heterocycles. The van der Waals surface area contributed by atoms with Crippen molar-refractivity contribution in [2.75, 3.05) is 14.2 Å². The molecule has 0 atom stereocenters. The Balaban J connectivity index is 1.56. The minimum absolute atomic E-state index is 0.0823. The molecular weight excluding hydrogens is 332 g/mol. The van der Waals surface area contributed by atoms with Crippen molar-refractivity contribution in [2.45, 2.75) is 13.0 Å². The Morgan fingerprint density at radius 1 is 1.04 bits per heavy atom. The molecular formula is C20H20N2O4. The molecule has 6 nitrogen and oxygen atoms in total. The van der Waals surface area contributed by atoms with Crippen molar-refractivity contribution in [1.82, 2.24) is 10.5 Å². The second-order valence-electron chi connectivity index (χ2n) is 5.72. The van der Waals surface area contributed by atoms with E-state index in [1.165, 1.54) is 0 Å². The molecule has 0 saturated heterocycles. The molecule has 0 spiro atoms.